The smallest absolute Gasteiger partial charge is 0.272 e. The number of amides is 1. The van der Waals surface area contributed by atoms with Crippen molar-refractivity contribution in [1.29, 1.82) is 0 Å². The molecule has 2 aromatic rings. The monoisotopic (exact) mass is 341 g/mol. The highest BCUT2D eigenvalue weighted by molar-refractivity contribution is 5.92. The fraction of sp³-hybridized carbons (Fsp3) is 0.474. The number of carbonyl (C=O) groups is 1. The molecule has 1 aromatic carbocycles. The predicted octanol–water partition coefficient (Wildman–Crippen LogP) is 2.92. The summed E-state index contributed by atoms with van der Waals surface area (Å²) in [6, 6.07) is 9.53. The van der Waals surface area contributed by atoms with E-state index in [0.29, 0.717) is 35.8 Å². The van der Waals surface area contributed by atoms with Crippen molar-refractivity contribution in [3.8, 4) is 11.5 Å². The second-order valence-corrected chi connectivity index (χ2v) is 6.97. The van der Waals surface area contributed by atoms with Crippen LogP contribution in [0.3, 0.4) is 0 Å². The van der Waals surface area contributed by atoms with E-state index in [0.717, 1.165) is 18.0 Å². The lowest BCUT2D eigenvalue weighted by molar-refractivity contribution is 0.0918. The normalized spacial score (nSPS) is 24.3. The summed E-state index contributed by atoms with van der Waals surface area (Å²) in [4.78, 5) is 12.4. The van der Waals surface area contributed by atoms with Gasteiger partial charge in [0.05, 0.1) is 12.8 Å². The summed E-state index contributed by atoms with van der Waals surface area (Å²) in [7, 11) is 1.61. The molecular weight excluding hydrogens is 318 g/mol. The molecule has 4 rings (SSSR count). The Morgan fingerprint density at radius 2 is 2.12 bits per heavy atom. The molecule has 0 saturated heterocycles. The van der Waals surface area contributed by atoms with Crippen molar-refractivity contribution < 1.29 is 14.3 Å². The number of methoxy groups -OCH3 is 1. The minimum atomic E-state index is -0.0997. The molecule has 6 nitrogen and oxygen atoms in total. The second kappa shape index (κ2) is 6.78. The van der Waals surface area contributed by atoms with Crippen LogP contribution in [0.25, 0.3) is 0 Å². The Kier molecular flexibility index (Phi) is 4.34. The van der Waals surface area contributed by atoms with Crippen molar-refractivity contribution in [2.45, 2.75) is 38.3 Å². The van der Waals surface area contributed by atoms with Crippen LogP contribution < -0.4 is 14.8 Å². The van der Waals surface area contributed by atoms with Crippen LogP contribution in [0.15, 0.2) is 30.3 Å². The molecule has 0 spiro atoms. The van der Waals surface area contributed by atoms with Crippen LogP contribution in [0.2, 0.25) is 0 Å². The number of aromatic nitrogens is 2. The summed E-state index contributed by atoms with van der Waals surface area (Å²) in [6.07, 6.45) is 4.95. The third-order valence-corrected chi connectivity index (χ3v) is 5.37. The summed E-state index contributed by atoms with van der Waals surface area (Å²) in [5.74, 6) is 2.70. The van der Waals surface area contributed by atoms with E-state index >= 15 is 0 Å². The standard InChI is InChI=1S/C19H23N3O3/c1-24-17-4-2-3-5-18(17)25-11-14-10-16(22-21-14)19(23)20-15-9-12-6-7-13(15)8-12/h2-5,10,12-13,15H,6-9,11H2,1H3,(H,20,23)(H,21,22). The molecule has 2 N–H and O–H groups in total. The number of para-hydroxylation sites is 2. The van der Waals surface area contributed by atoms with Crippen molar-refractivity contribution in [3.63, 3.8) is 0 Å². The summed E-state index contributed by atoms with van der Waals surface area (Å²) < 4.78 is 11.0. The first-order valence-electron chi connectivity index (χ1n) is 8.84. The van der Waals surface area contributed by atoms with Gasteiger partial charge in [0.2, 0.25) is 0 Å². The van der Waals surface area contributed by atoms with Gasteiger partial charge < -0.3 is 14.8 Å². The molecular formula is C19H23N3O3. The highest BCUT2D eigenvalue weighted by atomic mass is 16.5. The molecule has 3 unspecified atom stereocenters. The van der Waals surface area contributed by atoms with E-state index in [1.807, 2.05) is 24.3 Å². The van der Waals surface area contributed by atoms with Crippen LogP contribution in [-0.2, 0) is 6.61 Å². The molecule has 2 fully saturated rings. The minimum absolute atomic E-state index is 0.0997. The Morgan fingerprint density at radius 1 is 1.28 bits per heavy atom. The molecule has 132 valence electrons. The van der Waals surface area contributed by atoms with Crippen LogP contribution in [0.5, 0.6) is 11.5 Å². The molecule has 2 aliphatic rings. The number of benzene rings is 1. The topological polar surface area (TPSA) is 76.2 Å². The number of aromatic amines is 1. The summed E-state index contributed by atoms with van der Waals surface area (Å²) in [5.41, 5.74) is 1.17. The number of nitrogens with zero attached hydrogens (tertiary/aromatic N) is 1. The van der Waals surface area contributed by atoms with Crippen LogP contribution in [0.4, 0.5) is 0 Å². The molecule has 1 aromatic heterocycles. The minimum Gasteiger partial charge on any atom is -0.493 e. The maximum atomic E-state index is 12.4. The van der Waals surface area contributed by atoms with Crippen molar-refractivity contribution >= 4 is 5.91 Å². The first kappa shape index (κ1) is 16.0. The number of H-pyrrole nitrogens is 1. The molecule has 1 amide bonds. The molecule has 3 atom stereocenters. The zero-order valence-electron chi connectivity index (χ0n) is 14.3. The quantitative estimate of drug-likeness (QED) is 0.847. The first-order chi connectivity index (χ1) is 12.2. The van der Waals surface area contributed by atoms with Gasteiger partial charge >= 0.3 is 0 Å². The largest absolute Gasteiger partial charge is 0.493 e. The summed E-state index contributed by atoms with van der Waals surface area (Å²) in [6.45, 7) is 0.300. The number of carbonyl (C=O) groups excluding carboxylic acids is 1. The van der Waals surface area contributed by atoms with E-state index < -0.39 is 0 Å². The zero-order valence-corrected chi connectivity index (χ0v) is 14.3. The van der Waals surface area contributed by atoms with Gasteiger partial charge in [0.15, 0.2) is 11.5 Å². The maximum absolute atomic E-state index is 12.4. The fourth-order valence-corrected chi connectivity index (χ4v) is 4.11. The average molecular weight is 341 g/mol. The van der Waals surface area contributed by atoms with Gasteiger partial charge in [-0.3, -0.25) is 9.89 Å². The predicted molar refractivity (Wildman–Crippen MR) is 92.6 cm³/mol. The Morgan fingerprint density at radius 3 is 2.84 bits per heavy atom. The third-order valence-electron chi connectivity index (χ3n) is 5.37. The Labute approximate surface area is 146 Å². The van der Waals surface area contributed by atoms with E-state index in [1.54, 1.807) is 13.2 Å². The Balaban J connectivity index is 1.34. The lowest BCUT2D eigenvalue weighted by Crippen LogP contribution is -2.38. The number of rotatable bonds is 6. The molecule has 2 bridgehead atoms. The van der Waals surface area contributed by atoms with Gasteiger partial charge in [-0.15, -0.1) is 0 Å². The lowest BCUT2D eigenvalue weighted by Gasteiger charge is -2.22. The van der Waals surface area contributed by atoms with Crippen LogP contribution in [-0.4, -0.2) is 29.3 Å². The van der Waals surface area contributed by atoms with E-state index in [9.17, 15) is 4.79 Å². The van der Waals surface area contributed by atoms with Crippen LogP contribution in [0, 0.1) is 11.8 Å². The number of hydrogen-bond acceptors (Lipinski definition) is 4. The van der Waals surface area contributed by atoms with E-state index in [-0.39, 0.29) is 5.91 Å². The molecule has 2 saturated carbocycles. The van der Waals surface area contributed by atoms with E-state index in [2.05, 4.69) is 15.5 Å². The molecule has 0 radical (unpaired) electrons. The van der Waals surface area contributed by atoms with Crippen LogP contribution in [0.1, 0.15) is 41.9 Å². The number of hydrogen-bond donors (Lipinski definition) is 2. The molecule has 0 aliphatic heterocycles. The van der Waals surface area contributed by atoms with Crippen molar-refractivity contribution in [2.24, 2.45) is 11.8 Å². The molecule has 1 heterocycles. The SMILES string of the molecule is COc1ccccc1OCc1cc(C(=O)NC2CC3CCC2C3)n[nH]1. The van der Waals surface area contributed by atoms with Gasteiger partial charge in [-0.1, -0.05) is 18.6 Å². The average Bonchev–Trinajstić information content (AvgIpc) is 3.37. The molecule has 25 heavy (non-hydrogen) atoms. The highest BCUT2D eigenvalue weighted by Crippen LogP contribution is 2.44. The third kappa shape index (κ3) is 3.34. The second-order valence-electron chi connectivity index (χ2n) is 6.97. The van der Waals surface area contributed by atoms with Crippen LogP contribution >= 0.6 is 0 Å². The lowest BCUT2D eigenvalue weighted by atomic mass is 9.95. The maximum Gasteiger partial charge on any atom is 0.272 e. The fourth-order valence-electron chi connectivity index (χ4n) is 4.11. The van der Waals surface area contributed by atoms with Gasteiger partial charge in [0.1, 0.15) is 12.3 Å². The van der Waals surface area contributed by atoms with Gasteiger partial charge in [0, 0.05) is 6.04 Å². The Bertz CT molecular complexity index is 758. The summed E-state index contributed by atoms with van der Waals surface area (Å²) in [5, 5.41) is 10.2. The highest BCUT2D eigenvalue weighted by Gasteiger charge is 2.40. The van der Waals surface area contributed by atoms with Gasteiger partial charge in [-0.25, -0.2) is 0 Å². The van der Waals surface area contributed by atoms with Crippen molar-refractivity contribution in [3.05, 3.63) is 41.7 Å². The van der Waals surface area contributed by atoms with Gasteiger partial charge in [-0.2, -0.15) is 5.10 Å². The molecule has 6 heteroatoms. The van der Waals surface area contributed by atoms with Gasteiger partial charge in [-0.05, 0) is 49.3 Å². The Hall–Kier alpha value is -2.50. The number of ether oxygens (including phenoxy) is 2. The number of fused-ring (bicyclic) bond motifs is 2. The van der Waals surface area contributed by atoms with E-state index in [1.165, 1.54) is 19.3 Å². The summed E-state index contributed by atoms with van der Waals surface area (Å²) >= 11 is 0. The first-order valence-corrected chi connectivity index (χ1v) is 8.84. The van der Waals surface area contributed by atoms with E-state index in [4.69, 9.17) is 9.47 Å². The zero-order chi connectivity index (χ0) is 17.2. The van der Waals surface area contributed by atoms with Gasteiger partial charge in [0.25, 0.3) is 5.91 Å². The van der Waals surface area contributed by atoms with Crippen molar-refractivity contribution in [1.82, 2.24) is 15.5 Å². The number of nitrogens with one attached hydrogen (secondary N) is 2. The van der Waals surface area contributed by atoms with Crippen molar-refractivity contribution in [2.75, 3.05) is 7.11 Å². The molecule has 2 aliphatic carbocycles.